The molecule has 0 unspecified atom stereocenters. The van der Waals surface area contributed by atoms with Gasteiger partial charge in [0.15, 0.2) is 11.5 Å². The lowest BCUT2D eigenvalue weighted by molar-refractivity contribution is 0.0954. The van der Waals surface area contributed by atoms with Crippen molar-refractivity contribution >= 4 is 11.6 Å². The van der Waals surface area contributed by atoms with Gasteiger partial charge in [-0.15, -0.1) is 0 Å². The molecule has 2 aromatic carbocycles. The first kappa shape index (κ1) is 15.1. The molecule has 5 nitrogen and oxygen atoms in total. The average Bonchev–Trinajstić information content (AvgIpc) is 2.99. The molecule has 0 saturated carbocycles. The maximum atomic E-state index is 12.2. The van der Waals surface area contributed by atoms with E-state index in [9.17, 15) is 4.79 Å². The molecular weight excluding hydrogens is 292 g/mol. The number of amides is 1. The van der Waals surface area contributed by atoms with Crippen LogP contribution < -0.4 is 14.9 Å². The minimum atomic E-state index is -0.220. The third kappa shape index (κ3) is 3.18. The SMILES string of the molecule is C/C(=N\NC(=O)c1ccc(C)cc1C)c1ccc2c(c1)OCO2. The lowest BCUT2D eigenvalue weighted by Crippen LogP contribution is -2.20. The van der Waals surface area contributed by atoms with Crippen molar-refractivity contribution in [2.45, 2.75) is 20.8 Å². The number of hydrazone groups is 1. The van der Waals surface area contributed by atoms with E-state index in [0.717, 1.165) is 22.4 Å². The van der Waals surface area contributed by atoms with Crippen LogP contribution in [0.2, 0.25) is 0 Å². The fraction of sp³-hybridized carbons (Fsp3) is 0.222. The minimum absolute atomic E-state index is 0.220. The molecule has 1 aliphatic heterocycles. The van der Waals surface area contributed by atoms with Gasteiger partial charge in [0.05, 0.1) is 5.71 Å². The predicted octanol–water partition coefficient (Wildman–Crippen LogP) is 3.19. The molecule has 0 aromatic heterocycles. The van der Waals surface area contributed by atoms with Crippen LogP contribution in [0, 0.1) is 13.8 Å². The van der Waals surface area contributed by atoms with Crippen LogP contribution in [0.15, 0.2) is 41.5 Å². The highest BCUT2D eigenvalue weighted by Gasteiger charge is 2.14. The maximum absolute atomic E-state index is 12.2. The monoisotopic (exact) mass is 310 g/mol. The molecule has 0 saturated heterocycles. The highest BCUT2D eigenvalue weighted by molar-refractivity contribution is 6.01. The summed E-state index contributed by atoms with van der Waals surface area (Å²) >= 11 is 0. The van der Waals surface area contributed by atoms with E-state index in [1.54, 1.807) is 0 Å². The van der Waals surface area contributed by atoms with Crippen LogP contribution in [0.4, 0.5) is 0 Å². The van der Waals surface area contributed by atoms with Gasteiger partial charge in [0.25, 0.3) is 5.91 Å². The molecule has 0 bridgehead atoms. The van der Waals surface area contributed by atoms with Crippen molar-refractivity contribution in [3.63, 3.8) is 0 Å². The van der Waals surface area contributed by atoms with Crippen LogP contribution in [0.5, 0.6) is 11.5 Å². The number of ether oxygens (including phenoxy) is 2. The second kappa shape index (κ2) is 6.12. The Balaban J connectivity index is 1.75. The second-order valence-corrected chi connectivity index (χ2v) is 5.52. The van der Waals surface area contributed by atoms with E-state index in [-0.39, 0.29) is 12.7 Å². The summed E-state index contributed by atoms with van der Waals surface area (Å²) in [5.74, 6) is 1.20. The van der Waals surface area contributed by atoms with Crippen LogP contribution in [0.25, 0.3) is 0 Å². The smallest absolute Gasteiger partial charge is 0.271 e. The zero-order valence-corrected chi connectivity index (χ0v) is 13.3. The highest BCUT2D eigenvalue weighted by atomic mass is 16.7. The first-order valence-electron chi connectivity index (χ1n) is 7.36. The molecule has 0 atom stereocenters. The number of aryl methyl sites for hydroxylation is 2. The van der Waals surface area contributed by atoms with E-state index in [1.807, 2.05) is 57.2 Å². The molecule has 1 amide bonds. The summed E-state index contributed by atoms with van der Waals surface area (Å²) in [4.78, 5) is 12.2. The van der Waals surface area contributed by atoms with Gasteiger partial charge in [-0.25, -0.2) is 5.43 Å². The normalized spacial score (nSPS) is 13.1. The molecule has 3 rings (SSSR count). The summed E-state index contributed by atoms with van der Waals surface area (Å²) in [5, 5.41) is 4.18. The quantitative estimate of drug-likeness (QED) is 0.699. The standard InChI is InChI=1S/C18H18N2O3/c1-11-4-6-15(12(2)8-11)18(21)20-19-13(3)14-5-7-16-17(9-14)23-10-22-16/h4-9H,10H2,1-3H3,(H,20,21)/b19-13+. The summed E-state index contributed by atoms with van der Waals surface area (Å²) in [6.45, 7) is 5.98. The van der Waals surface area contributed by atoms with Gasteiger partial charge in [-0.05, 0) is 50.6 Å². The van der Waals surface area contributed by atoms with Gasteiger partial charge >= 0.3 is 0 Å². The molecule has 118 valence electrons. The highest BCUT2D eigenvalue weighted by Crippen LogP contribution is 2.32. The number of rotatable bonds is 3. The van der Waals surface area contributed by atoms with E-state index in [4.69, 9.17) is 9.47 Å². The molecule has 0 aliphatic carbocycles. The summed E-state index contributed by atoms with van der Waals surface area (Å²) in [5.41, 5.74) is 6.84. The van der Waals surface area contributed by atoms with Gasteiger partial charge in [-0.1, -0.05) is 17.7 Å². The molecular formula is C18H18N2O3. The number of carbonyl (C=O) groups is 1. The largest absolute Gasteiger partial charge is 0.454 e. The Kier molecular flexibility index (Phi) is 4.02. The number of benzene rings is 2. The number of nitrogens with one attached hydrogen (secondary N) is 1. The molecule has 2 aromatic rings. The summed E-state index contributed by atoms with van der Waals surface area (Å²) in [6, 6.07) is 11.3. The Morgan fingerprint density at radius 2 is 1.87 bits per heavy atom. The van der Waals surface area contributed by atoms with Crippen LogP contribution in [-0.2, 0) is 0 Å². The molecule has 1 N–H and O–H groups in total. The molecule has 0 spiro atoms. The number of carbonyl (C=O) groups excluding carboxylic acids is 1. The summed E-state index contributed by atoms with van der Waals surface area (Å²) in [7, 11) is 0. The van der Waals surface area contributed by atoms with E-state index in [1.165, 1.54) is 0 Å². The van der Waals surface area contributed by atoms with Gasteiger partial charge in [-0.2, -0.15) is 5.10 Å². The van der Waals surface area contributed by atoms with Gasteiger partial charge in [0.2, 0.25) is 6.79 Å². The molecule has 5 heteroatoms. The Labute approximate surface area is 134 Å². The number of hydrogen-bond acceptors (Lipinski definition) is 4. The van der Waals surface area contributed by atoms with Crippen molar-refractivity contribution in [2.24, 2.45) is 5.10 Å². The Hall–Kier alpha value is -2.82. The van der Waals surface area contributed by atoms with E-state index in [0.29, 0.717) is 17.0 Å². The third-order valence-electron chi connectivity index (χ3n) is 3.74. The van der Waals surface area contributed by atoms with Gasteiger partial charge in [0.1, 0.15) is 0 Å². The average molecular weight is 310 g/mol. The van der Waals surface area contributed by atoms with Crippen molar-refractivity contribution < 1.29 is 14.3 Å². The summed E-state index contributed by atoms with van der Waals surface area (Å²) < 4.78 is 10.6. The van der Waals surface area contributed by atoms with E-state index in [2.05, 4.69) is 10.5 Å². The van der Waals surface area contributed by atoms with Crippen LogP contribution in [0.1, 0.15) is 34.0 Å². The van der Waals surface area contributed by atoms with Gasteiger partial charge in [0, 0.05) is 11.1 Å². The van der Waals surface area contributed by atoms with Gasteiger partial charge in [-0.3, -0.25) is 4.79 Å². The topological polar surface area (TPSA) is 59.9 Å². The maximum Gasteiger partial charge on any atom is 0.271 e. The first-order chi connectivity index (χ1) is 11.0. The Morgan fingerprint density at radius 1 is 1.09 bits per heavy atom. The molecule has 1 heterocycles. The van der Waals surface area contributed by atoms with Crippen molar-refractivity contribution in [2.75, 3.05) is 6.79 Å². The van der Waals surface area contributed by atoms with Gasteiger partial charge < -0.3 is 9.47 Å². The van der Waals surface area contributed by atoms with Crippen LogP contribution >= 0.6 is 0 Å². The Bertz CT molecular complexity index is 797. The fourth-order valence-electron chi connectivity index (χ4n) is 2.45. The Morgan fingerprint density at radius 3 is 2.65 bits per heavy atom. The van der Waals surface area contributed by atoms with Crippen molar-refractivity contribution in [1.29, 1.82) is 0 Å². The zero-order valence-electron chi connectivity index (χ0n) is 13.3. The number of nitrogens with zero attached hydrogens (tertiary/aromatic N) is 1. The number of fused-ring (bicyclic) bond motifs is 1. The zero-order chi connectivity index (χ0) is 16.4. The third-order valence-corrected chi connectivity index (χ3v) is 3.74. The first-order valence-corrected chi connectivity index (χ1v) is 7.36. The molecule has 0 radical (unpaired) electrons. The van der Waals surface area contributed by atoms with Crippen molar-refractivity contribution in [1.82, 2.24) is 5.43 Å². The minimum Gasteiger partial charge on any atom is -0.454 e. The molecule has 1 aliphatic rings. The number of hydrogen-bond donors (Lipinski definition) is 1. The van der Waals surface area contributed by atoms with E-state index < -0.39 is 0 Å². The predicted molar refractivity (Wildman–Crippen MR) is 88.2 cm³/mol. The second-order valence-electron chi connectivity index (χ2n) is 5.52. The lowest BCUT2D eigenvalue weighted by Gasteiger charge is -2.07. The van der Waals surface area contributed by atoms with Crippen LogP contribution in [-0.4, -0.2) is 18.4 Å². The molecule has 23 heavy (non-hydrogen) atoms. The van der Waals surface area contributed by atoms with Crippen LogP contribution in [0.3, 0.4) is 0 Å². The van der Waals surface area contributed by atoms with Crippen molar-refractivity contribution in [3.05, 3.63) is 58.7 Å². The molecule has 0 fully saturated rings. The summed E-state index contributed by atoms with van der Waals surface area (Å²) in [6.07, 6.45) is 0. The van der Waals surface area contributed by atoms with E-state index >= 15 is 0 Å². The lowest BCUT2D eigenvalue weighted by atomic mass is 10.1. The van der Waals surface area contributed by atoms with Crippen molar-refractivity contribution in [3.8, 4) is 11.5 Å². The fourth-order valence-corrected chi connectivity index (χ4v) is 2.45.